The van der Waals surface area contributed by atoms with E-state index in [-0.39, 0.29) is 17.2 Å². The largest absolute Gasteiger partial charge is 0.493 e. The molecular formula is C25H27N3O6S. The van der Waals surface area contributed by atoms with Crippen molar-refractivity contribution in [2.75, 3.05) is 32.6 Å². The molecule has 2 amide bonds. The lowest BCUT2D eigenvalue weighted by molar-refractivity contribution is -0.116. The fraction of sp³-hybridized carbons (Fsp3) is 0.200. The Balaban J connectivity index is 1.85. The van der Waals surface area contributed by atoms with Crippen molar-refractivity contribution < 1.29 is 27.5 Å². The highest BCUT2D eigenvalue weighted by molar-refractivity contribution is 7.89. The van der Waals surface area contributed by atoms with Gasteiger partial charge < -0.3 is 20.5 Å². The molecule has 0 aliphatic carbocycles. The number of primary amides is 1. The minimum Gasteiger partial charge on any atom is -0.493 e. The molecule has 0 atom stereocenters. The van der Waals surface area contributed by atoms with E-state index in [0.29, 0.717) is 23.4 Å². The molecule has 0 spiro atoms. The molecular weight excluding hydrogens is 470 g/mol. The topological polar surface area (TPSA) is 128 Å². The van der Waals surface area contributed by atoms with Crippen molar-refractivity contribution >= 4 is 27.5 Å². The molecule has 0 heterocycles. The van der Waals surface area contributed by atoms with Gasteiger partial charge in [0.05, 0.1) is 25.7 Å². The second kappa shape index (κ2) is 11.5. The first-order chi connectivity index (χ1) is 16.7. The van der Waals surface area contributed by atoms with Crippen LogP contribution in [-0.4, -0.2) is 51.8 Å². The van der Waals surface area contributed by atoms with Crippen LogP contribution < -0.4 is 20.5 Å². The van der Waals surface area contributed by atoms with E-state index >= 15 is 0 Å². The van der Waals surface area contributed by atoms with Crippen molar-refractivity contribution in [1.29, 1.82) is 0 Å². The van der Waals surface area contributed by atoms with E-state index in [0.717, 1.165) is 9.87 Å². The Bertz CT molecular complexity index is 1280. The van der Waals surface area contributed by atoms with E-state index in [9.17, 15) is 18.0 Å². The van der Waals surface area contributed by atoms with Gasteiger partial charge in [-0.2, -0.15) is 4.31 Å². The minimum atomic E-state index is -4.06. The fourth-order valence-corrected chi connectivity index (χ4v) is 4.80. The molecule has 0 aliphatic rings. The third kappa shape index (κ3) is 6.58. The SMILES string of the molecule is COc1ccc(S(=O)(=O)N(CCc2ccccc2)CC(=O)Nc2ccc(C(N)=O)cc2)cc1OC. The molecule has 3 rings (SSSR count). The van der Waals surface area contributed by atoms with Gasteiger partial charge in [-0.1, -0.05) is 30.3 Å². The van der Waals surface area contributed by atoms with Gasteiger partial charge in [-0.15, -0.1) is 0 Å². The molecule has 9 nitrogen and oxygen atoms in total. The molecule has 0 saturated carbocycles. The molecule has 3 aromatic rings. The second-order valence-corrected chi connectivity index (χ2v) is 9.52. The standard InChI is InChI=1S/C25H27N3O6S/c1-33-22-13-12-21(16-23(22)34-2)35(31,32)28(15-14-18-6-4-3-5-7-18)17-24(29)27-20-10-8-19(9-11-20)25(26)30/h3-13,16H,14-15,17H2,1-2H3,(H2,26,30)(H,27,29). The average Bonchev–Trinajstić information content (AvgIpc) is 2.86. The Kier molecular flexibility index (Phi) is 8.45. The predicted octanol–water partition coefficient (Wildman–Crippen LogP) is 2.67. The smallest absolute Gasteiger partial charge is 0.248 e. The predicted molar refractivity (Wildman–Crippen MR) is 132 cm³/mol. The summed E-state index contributed by atoms with van der Waals surface area (Å²) in [6, 6.07) is 19.7. The van der Waals surface area contributed by atoms with Gasteiger partial charge >= 0.3 is 0 Å². The van der Waals surface area contributed by atoms with Crippen LogP contribution in [0.15, 0.2) is 77.7 Å². The molecule has 0 fully saturated rings. The lowest BCUT2D eigenvalue weighted by Gasteiger charge is -2.22. The van der Waals surface area contributed by atoms with E-state index in [1.807, 2.05) is 30.3 Å². The van der Waals surface area contributed by atoms with Crippen molar-refractivity contribution in [2.45, 2.75) is 11.3 Å². The normalized spacial score (nSPS) is 11.2. The van der Waals surface area contributed by atoms with Gasteiger partial charge in [0.25, 0.3) is 0 Å². The number of ether oxygens (including phenoxy) is 2. The van der Waals surface area contributed by atoms with E-state index in [1.54, 1.807) is 0 Å². The van der Waals surface area contributed by atoms with E-state index in [1.165, 1.54) is 56.7 Å². The molecule has 10 heteroatoms. The Morgan fingerprint density at radius 2 is 1.57 bits per heavy atom. The number of carbonyl (C=O) groups excluding carboxylic acids is 2. The fourth-order valence-electron chi connectivity index (χ4n) is 3.39. The number of amides is 2. The third-order valence-electron chi connectivity index (χ3n) is 5.26. The number of methoxy groups -OCH3 is 2. The number of nitrogens with zero attached hydrogens (tertiary/aromatic N) is 1. The minimum absolute atomic E-state index is 0.0261. The highest BCUT2D eigenvalue weighted by Crippen LogP contribution is 2.30. The number of sulfonamides is 1. The molecule has 184 valence electrons. The van der Waals surface area contributed by atoms with Crippen molar-refractivity contribution in [1.82, 2.24) is 4.31 Å². The number of hydrogen-bond acceptors (Lipinski definition) is 6. The number of nitrogens with two attached hydrogens (primary N) is 1. The molecule has 0 aliphatic heterocycles. The van der Waals surface area contributed by atoms with Crippen LogP contribution in [0.5, 0.6) is 11.5 Å². The highest BCUT2D eigenvalue weighted by atomic mass is 32.2. The summed E-state index contributed by atoms with van der Waals surface area (Å²) in [6.07, 6.45) is 0.411. The van der Waals surface area contributed by atoms with Crippen molar-refractivity contribution in [3.05, 3.63) is 83.9 Å². The molecule has 0 unspecified atom stereocenters. The summed E-state index contributed by atoms with van der Waals surface area (Å²) in [4.78, 5) is 24.0. The van der Waals surface area contributed by atoms with Crippen LogP contribution in [0, 0.1) is 0 Å². The van der Waals surface area contributed by atoms with Crippen molar-refractivity contribution in [3.63, 3.8) is 0 Å². The van der Waals surface area contributed by atoms with Gasteiger partial charge in [0.2, 0.25) is 21.8 Å². The van der Waals surface area contributed by atoms with Gasteiger partial charge in [0.15, 0.2) is 11.5 Å². The molecule has 35 heavy (non-hydrogen) atoms. The van der Waals surface area contributed by atoms with Gasteiger partial charge in [-0.25, -0.2) is 8.42 Å². The summed E-state index contributed by atoms with van der Waals surface area (Å²) >= 11 is 0. The van der Waals surface area contributed by atoms with Gasteiger partial charge in [0.1, 0.15) is 0 Å². The zero-order valence-electron chi connectivity index (χ0n) is 19.4. The van der Waals surface area contributed by atoms with Gasteiger partial charge in [0, 0.05) is 23.9 Å². The zero-order chi connectivity index (χ0) is 25.4. The lowest BCUT2D eigenvalue weighted by atomic mass is 10.1. The van der Waals surface area contributed by atoms with Crippen LogP contribution in [0.1, 0.15) is 15.9 Å². The van der Waals surface area contributed by atoms with Crippen molar-refractivity contribution in [3.8, 4) is 11.5 Å². The number of rotatable bonds is 11. The number of nitrogens with one attached hydrogen (secondary N) is 1. The number of hydrogen-bond donors (Lipinski definition) is 2. The maximum absolute atomic E-state index is 13.5. The molecule has 0 aromatic heterocycles. The highest BCUT2D eigenvalue weighted by Gasteiger charge is 2.28. The number of benzene rings is 3. The van der Waals surface area contributed by atoms with Crippen LogP contribution in [0.25, 0.3) is 0 Å². The average molecular weight is 498 g/mol. The molecule has 3 N–H and O–H groups in total. The molecule has 0 radical (unpaired) electrons. The maximum atomic E-state index is 13.5. The quantitative estimate of drug-likeness (QED) is 0.419. The molecule has 3 aromatic carbocycles. The van der Waals surface area contributed by atoms with Crippen LogP contribution in [0.2, 0.25) is 0 Å². The first-order valence-corrected chi connectivity index (χ1v) is 12.1. The number of carbonyl (C=O) groups is 2. The Morgan fingerprint density at radius 1 is 0.914 bits per heavy atom. The first-order valence-electron chi connectivity index (χ1n) is 10.7. The van der Waals surface area contributed by atoms with Crippen LogP contribution >= 0.6 is 0 Å². The van der Waals surface area contributed by atoms with E-state index in [2.05, 4.69) is 5.32 Å². The number of anilines is 1. The van der Waals surface area contributed by atoms with Crippen LogP contribution in [0.3, 0.4) is 0 Å². The second-order valence-electron chi connectivity index (χ2n) is 7.58. The van der Waals surface area contributed by atoms with E-state index < -0.39 is 28.4 Å². The Hall–Kier alpha value is -3.89. The zero-order valence-corrected chi connectivity index (χ0v) is 20.2. The maximum Gasteiger partial charge on any atom is 0.248 e. The third-order valence-corrected chi connectivity index (χ3v) is 7.10. The van der Waals surface area contributed by atoms with Crippen LogP contribution in [-0.2, 0) is 21.2 Å². The summed E-state index contributed by atoms with van der Waals surface area (Å²) in [5.74, 6) is -0.472. The summed E-state index contributed by atoms with van der Waals surface area (Å²) in [5.41, 5.74) is 6.87. The monoisotopic (exact) mass is 497 g/mol. The summed E-state index contributed by atoms with van der Waals surface area (Å²) < 4.78 is 38.6. The van der Waals surface area contributed by atoms with Crippen molar-refractivity contribution in [2.24, 2.45) is 5.73 Å². The van der Waals surface area contributed by atoms with E-state index in [4.69, 9.17) is 15.2 Å². The lowest BCUT2D eigenvalue weighted by Crippen LogP contribution is -2.39. The summed E-state index contributed by atoms with van der Waals surface area (Å²) in [7, 11) is -1.19. The Morgan fingerprint density at radius 3 is 2.17 bits per heavy atom. The summed E-state index contributed by atoms with van der Waals surface area (Å²) in [5, 5.41) is 2.66. The van der Waals surface area contributed by atoms with Gasteiger partial charge in [-0.05, 0) is 48.4 Å². The van der Waals surface area contributed by atoms with Gasteiger partial charge in [-0.3, -0.25) is 9.59 Å². The van der Waals surface area contributed by atoms with Crippen LogP contribution in [0.4, 0.5) is 5.69 Å². The molecule has 0 saturated heterocycles. The molecule has 0 bridgehead atoms. The summed E-state index contributed by atoms with van der Waals surface area (Å²) in [6.45, 7) is -0.337. The first kappa shape index (κ1) is 25.7. The Labute approximate surface area is 204 Å².